The van der Waals surface area contributed by atoms with Crippen molar-refractivity contribution in [3.63, 3.8) is 0 Å². The van der Waals surface area contributed by atoms with E-state index in [2.05, 4.69) is 4.74 Å². The average molecular weight is 291 g/mol. The number of halogens is 2. The molecule has 0 aliphatic rings. The number of nitro groups is 1. The zero-order valence-electron chi connectivity index (χ0n) is 10.2. The monoisotopic (exact) mass is 291 g/mol. The molecule has 1 aromatic rings. The molecule has 0 aliphatic heterocycles. The minimum atomic E-state index is -1.28. The molecule has 1 aromatic carbocycles. The third-order valence-electron chi connectivity index (χ3n) is 2.31. The van der Waals surface area contributed by atoms with Crippen molar-refractivity contribution in [3.8, 4) is 0 Å². The topological polar surface area (TPSA) is 69.4 Å². The van der Waals surface area contributed by atoms with Crippen LogP contribution >= 0.6 is 11.8 Å². The Morgan fingerprint density at radius 1 is 1.53 bits per heavy atom. The molecular formula is C11H11F2NO4S. The maximum Gasteiger partial charge on any atom is 0.309 e. The first-order valence-corrected chi connectivity index (χ1v) is 6.20. The van der Waals surface area contributed by atoms with Crippen LogP contribution in [0.15, 0.2) is 17.0 Å². The molecule has 1 unspecified atom stereocenters. The lowest BCUT2D eigenvalue weighted by atomic mass is 10.2. The first-order valence-electron chi connectivity index (χ1n) is 5.21. The van der Waals surface area contributed by atoms with E-state index < -0.39 is 39.0 Å². The summed E-state index contributed by atoms with van der Waals surface area (Å²) in [6.07, 6.45) is 0. The lowest BCUT2D eigenvalue weighted by Gasteiger charge is -2.09. The summed E-state index contributed by atoms with van der Waals surface area (Å²) in [7, 11) is 1.20. The average Bonchev–Trinajstić information content (AvgIpc) is 2.38. The molecule has 1 atom stereocenters. The van der Waals surface area contributed by atoms with Gasteiger partial charge in [0.05, 0.1) is 18.0 Å². The van der Waals surface area contributed by atoms with E-state index >= 15 is 0 Å². The van der Waals surface area contributed by atoms with Crippen LogP contribution in [0.25, 0.3) is 0 Å². The molecule has 0 radical (unpaired) electrons. The van der Waals surface area contributed by atoms with E-state index in [0.717, 1.165) is 6.07 Å². The molecule has 19 heavy (non-hydrogen) atoms. The Bertz CT molecular complexity index is 510. The van der Waals surface area contributed by atoms with Gasteiger partial charge in [0, 0.05) is 11.8 Å². The highest BCUT2D eigenvalue weighted by molar-refractivity contribution is 7.99. The van der Waals surface area contributed by atoms with E-state index in [1.165, 1.54) is 14.0 Å². The molecule has 0 spiro atoms. The van der Waals surface area contributed by atoms with Gasteiger partial charge in [-0.25, -0.2) is 8.78 Å². The van der Waals surface area contributed by atoms with Crippen LogP contribution in [-0.4, -0.2) is 23.8 Å². The minimum absolute atomic E-state index is 0.0495. The smallest absolute Gasteiger partial charge is 0.309 e. The van der Waals surface area contributed by atoms with Crippen LogP contribution in [0.3, 0.4) is 0 Å². The second-order valence-electron chi connectivity index (χ2n) is 3.70. The van der Waals surface area contributed by atoms with Crippen LogP contribution in [0.4, 0.5) is 14.5 Å². The third-order valence-corrected chi connectivity index (χ3v) is 3.65. The van der Waals surface area contributed by atoms with Crippen molar-refractivity contribution in [1.29, 1.82) is 0 Å². The Balaban J connectivity index is 2.96. The number of methoxy groups -OCH3 is 1. The fourth-order valence-corrected chi connectivity index (χ4v) is 2.35. The van der Waals surface area contributed by atoms with Crippen molar-refractivity contribution in [2.45, 2.75) is 11.8 Å². The molecule has 0 heterocycles. The number of nitrogens with zero attached hydrogens (tertiary/aromatic N) is 1. The van der Waals surface area contributed by atoms with E-state index in [9.17, 15) is 23.7 Å². The molecule has 0 bridgehead atoms. The van der Waals surface area contributed by atoms with Crippen molar-refractivity contribution < 1.29 is 23.2 Å². The highest BCUT2D eigenvalue weighted by Gasteiger charge is 2.24. The summed E-state index contributed by atoms with van der Waals surface area (Å²) in [4.78, 5) is 20.7. The van der Waals surface area contributed by atoms with Crippen LogP contribution < -0.4 is 0 Å². The molecule has 5 nitrogen and oxygen atoms in total. The van der Waals surface area contributed by atoms with Gasteiger partial charge in [0.2, 0.25) is 0 Å². The van der Waals surface area contributed by atoms with E-state index in [4.69, 9.17) is 0 Å². The van der Waals surface area contributed by atoms with Gasteiger partial charge in [0.15, 0.2) is 11.6 Å². The summed E-state index contributed by atoms with van der Waals surface area (Å²) < 4.78 is 31.1. The molecule has 104 valence electrons. The second kappa shape index (κ2) is 6.46. The van der Waals surface area contributed by atoms with Crippen molar-refractivity contribution in [1.82, 2.24) is 0 Å². The summed E-state index contributed by atoms with van der Waals surface area (Å²) in [5.74, 6) is -3.51. The van der Waals surface area contributed by atoms with Crippen molar-refractivity contribution in [2.24, 2.45) is 5.92 Å². The Hall–Kier alpha value is -1.70. The number of nitro benzene ring substituents is 1. The van der Waals surface area contributed by atoms with Crippen LogP contribution in [0, 0.1) is 27.7 Å². The minimum Gasteiger partial charge on any atom is -0.469 e. The Kier molecular flexibility index (Phi) is 5.22. The quantitative estimate of drug-likeness (QED) is 0.361. The molecular weight excluding hydrogens is 280 g/mol. The number of rotatable bonds is 5. The molecule has 0 aromatic heterocycles. The van der Waals surface area contributed by atoms with Gasteiger partial charge in [-0.3, -0.25) is 14.9 Å². The first-order chi connectivity index (χ1) is 8.88. The molecule has 1 rings (SSSR count). The Labute approximate surface area is 112 Å². The predicted molar refractivity (Wildman–Crippen MR) is 64.9 cm³/mol. The van der Waals surface area contributed by atoms with E-state index in [-0.39, 0.29) is 5.75 Å². The SMILES string of the molecule is COC(=O)C(C)CSc1c([N+](=O)[O-])ccc(F)c1F. The van der Waals surface area contributed by atoms with Crippen LogP contribution in [0.1, 0.15) is 6.92 Å². The van der Waals surface area contributed by atoms with Gasteiger partial charge >= 0.3 is 5.97 Å². The normalized spacial score (nSPS) is 12.0. The Morgan fingerprint density at radius 3 is 2.68 bits per heavy atom. The first kappa shape index (κ1) is 15.4. The summed E-state index contributed by atoms with van der Waals surface area (Å²) in [5, 5.41) is 10.7. The van der Waals surface area contributed by atoms with Crippen LogP contribution in [0.2, 0.25) is 0 Å². The summed E-state index contributed by atoms with van der Waals surface area (Å²) in [6.45, 7) is 1.53. The molecule has 0 fully saturated rings. The van der Waals surface area contributed by atoms with Crippen LogP contribution in [0.5, 0.6) is 0 Å². The number of esters is 1. The Morgan fingerprint density at radius 2 is 2.16 bits per heavy atom. The van der Waals surface area contributed by atoms with Crippen LogP contribution in [-0.2, 0) is 9.53 Å². The maximum atomic E-state index is 13.5. The van der Waals surface area contributed by atoms with E-state index in [0.29, 0.717) is 17.8 Å². The molecule has 0 aliphatic carbocycles. The highest BCUT2D eigenvalue weighted by Crippen LogP contribution is 2.34. The van der Waals surface area contributed by atoms with Gasteiger partial charge in [-0.1, -0.05) is 6.92 Å². The van der Waals surface area contributed by atoms with Gasteiger partial charge < -0.3 is 4.74 Å². The van der Waals surface area contributed by atoms with Crippen molar-refractivity contribution >= 4 is 23.4 Å². The summed E-state index contributed by atoms with van der Waals surface area (Å²) in [6, 6.07) is 1.59. The number of hydrogen-bond donors (Lipinski definition) is 0. The molecule has 0 saturated heterocycles. The van der Waals surface area contributed by atoms with Gasteiger partial charge in [-0.15, -0.1) is 11.8 Å². The molecule has 0 N–H and O–H groups in total. The van der Waals surface area contributed by atoms with Gasteiger partial charge in [-0.2, -0.15) is 0 Å². The number of carbonyl (C=O) groups excluding carboxylic acids is 1. The summed E-state index contributed by atoms with van der Waals surface area (Å²) in [5.41, 5.74) is -0.527. The molecule has 0 amide bonds. The zero-order chi connectivity index (χ0) is 14.6. The largest absolute Gasteiger partial charge is 0.469 e. The standard InChI is InChI=1S/C11H11F2NO4S/c1-6(11(15)18-2)5-19-10-8(14(16)17)4-3-7(12)9(10)13/h3-4,6H,5H2,1-2H3. The highest BCUT2D eigenvalue weighted by atomic mass is 32.2. The predicted octanol–water partition coefficient (Wildman–Crippen LogP) is 2.77. The summed E-state index contributed by atoms with van der Waals surface area (Å²) >= 11 is 0.710. The van der Waals surface area contributed by atoms with Gasteiger partial charge in [0.25, 0.3) is 5.69 Å². The number of ether oxygens (including phenoxy) is 1. The number of benzene rings is 1. The number of hydrogen-bond acceptors (Lipinski definition) is 5. The fourth-order valence-electron chi connectivity index (χ4n) is 1.28. The van der Waals surface area contributed by atoms with E-state index in [1.807, 2.05) is 0 Å². The van der Waals surface area contributed by atoms with Gasteiger partial charge in [-0.05, 0) is 6.07 Å². The number of carbonyl (C=O) groups is 1. The molecule has 0 saturated carbocycles. The second-order valence-corrected chi connectivity index (χ2v) is 4.73. The fraction of sp³-hybridized carbons (Fsp3) is 0.364. The lowest BCUT2D eigenvalue weighted by molar-refractivity contribution is -0.388. The number of thioether (sulfide) groups is 1. The van der Waals surface area contributed by atoms with Gasteiger partial charge in [0.1, 0.15) is 4.90 Å². The zero-order valence-corrected chi connectivity index (χ0v) is 11.0. The van der Waals surface area contributed by atoms with Crippen molar-refractivity contribution in [3.05, 3.63) is 33.9 Å². The third kappa shape index (κ3) is 3.63. The molecule has 8 heteroatoms. The lowest BCUT2D eigenvalue weighted by Crippen LogP contribution is -2.15. The maximum absolute atomic E-state index is 13.5. The van der Waals surface area contributed by atoms with Crippen molar-refractivity contribution in [2.75, 3.05) is 12.9 Å². The van der Waals surface area contributed by atoms with E-state index in [1.54, 1.807) is 0 Å².